The van der Waals surface area contributed by atoms with Gasteiger partial charge >= 0.3 is 0 Å². The topological polar surface area (TPSA) is 65.7 Å². The van der Waals surface area contributed by atoms with Gasteiger partial charge in [0.25, 0.3) is 5.91 Å². The summed E-state index contributed by atoms with van der Waals surface area (Å²) < 4.78 is 5.61. The van der Waals surface area contributed by atoms with E-state index in [1.807, 2.05) is 41.1 Å². The first-order chi connectivity index (χ1) is 13.7. The Balaban J connectivity index is 1.53. The van der Waals surface area contributed by atoms with Crippen LogP contribution in [0.4, 0.5) is 0 Å². The van der Waals surface area contributed by atoms with Crippen LogP contribution in [0.3, 0.4) is 0 Å². The molecule has 0 N–H and O–H groups in total. The first kappa shape index (κ1) is 18.7. The number of carbonyl (C=O) groups excluding carboxylic acids is 1. The first-order valence-electron chi connectivity index (χ1n) is 8.45. The number of hydrogen-bond acceptors (Lipinski definition) is 6. The second-order valence-electron chi connectivity index (χ2n) is 6.04. The summed E-state index contributed by atoms with van der Waals surface area (Å²) in [5, 5.41) is 19.3. The molecule has 2 aromatic heterocycles. The van der Waals surface area contributed by atoms with Crippen molar-refractivity contribution in [2.24, 2.45) is 5.10 Å². The highest BCUT2D eigenvalue weighted by atomic mass is 35.5. The molecule has 3 heterocycles. The summed E-state index contributed by atoms with van der Waals surface area (Å²) in [7, 11) is 0. The number of benzene rings is 1. The van der Waals surface area contributed by atoms with Crippen LogP contribution in [0.1, 0.15) is 27.8 Å². The van der Waals surface area contributed by atoms with E-state index in [9.17, 15) is 4.79 Å². The van der Waals surface area contributed by atoms with E-state index in [4.69, 9.17) is 21.6 Å². The van der Waals surface area contributed by atoms with Gasteiger partial charge in [-0.1, -0.05) is 23.7 Å². The SMILES string of the molecule is N#Cc1ccc(OCC(=O)N2N=C(c3cccs3)CC2c2cccs2)c(Cl)c1. The van der Waals surface area contributed by atoms with E-state index in [1.54, 1.807) is 34.8 Å². The number of rotatable bonds is 5. The highest BCUT2D eigenvalue weighted by Gasteiger charge is 2.34. The Morgan fingerprint density at radius 1 is 1.29 bits per heavy atom. The monoisotopic (exact) mass is 427 g/mol. The smallest absolute Gasteiger partial charge is 0.281 e. The highest BCUT2D eigenvalue weighted by Crippen LogP contribution is 2.36. The van der Waals surface area contributed by atoms with Gasteiger partial charge < -0.3 is 4.74 Å². The Morgan fingerprint density at radius 3 is 2.79 bits per heavy atom. The number of thiophene rings is 2. The van der Waals surface area contributed by atoms with E-state index in [0.29, 0.717) is 22.8 Å². The predicted molar refractivity (Wildman–Crippen MR) is 111 cm³/mol. The van der Waals surface area contributed by atoms with Gasteiger partial charge in [-0.25, -0.2) is 5.01 Å². The van der Waals surface area contributed by atoms with Crippen molar-refractivity contribution in [3.8, 4) is 11.8 Å². The number of hydrogen-bond donors (Lipinski definition) is 0. The molecule has 0 saturated carbocycles. The molecule has 8 heteroatoms. The molecule has 28 heavy (non-hydrogen) atoms. The third kappa shape index (κ3) is 3.80. The number of carbonyl (C=O) groups is 1. The summed E-state index contributed by atoms with van der Waals surface area (Å²) in [4.78, 5) is 15.0. The molecule has 4 rings (SSSR count). The van der Waals surface area contributed by atoms with E-state index in [2.05, 4.69) is 5.10 Å². The van der Waals surface area contributed by atoms with Crippen molar-refractivity contribution in [2.45, 2.75) is 12.5 Å². The van der Waals surface area contributed by atoms with Gasteiger partial charge in [0.1, 0.15) is 5.75 Å². The van der Waals surface area contributed by atoms with Crippen LogP contribution >= 0.6 is 34.3 Å². The maximum atomic E-state index is 12.9. The molecular formula is C20H14ClN3O2S2. The average Bonchev–Trinajstić information content (AvgIpc) is 3.47. The largest absolute Gasteiger partial charge is 0.482 e. The molecule has 1 aliphatic heterocycles. The van der Waals surface area contributed by atoms with E-state index in [1.165, 1.54) is 11.1 Å². The van der Waals surface area contributed by atoms with Crippen LogP contribution in [0.5, 0.6) is 5.75 Å². The molecule has 0 bridgehead atoms. The number of amides is 1. The van der Waals surface area contributed by atoms with Crippen molar-refractivity contribution in [3.05, 3.63) is 73.6 Å². The van der Waals surface area contributed by atoms with Gasteiger partial charge in [0, 0.05) is 11.3 Å². The zero-order chi connectivity index (χ0) is 19.5. The molecule has 1 unspecified atom stereocenters. The number of nitriles is 1. The van der Waals surface area contributed by atoms with Crippen LogP contribution in [0.15, 0.2) is 58.3 Å². The van der Waals surface area contributed by atoms with E-state index >= 15 is 0 Å². The number of hydrazone groups is 1. The number of nitrogens with zero attached hydrogens (tertiary/aromatic N) is 3. The zero-order valence-corrected chi connectivity index (χ0v) is 16.9. The van der Waals surface area contributed by atoms with Crippen molar-refractivity contribution in [3.63, 3.8) is 0 Å². The quantitative estimate of drug-likeness (QED) is 0.569. The fourth-order valence-corrected chi connectivity index (χ4v) is 4.70. The molecule has 0 saturated heterocycles. The van der Waals surface area contributed by atoms with E-state index in [0.717, 1.165) is 15.5 Å². The normalized spacial score (nSPS) is 15.9. The highest BCUT2D eigenvalue weighted by molar-refractivity contribution is 7.12. The zero-order valence-electron chi connectivity index (χ0n) is 14.5. The van der Waals surface area contributed by atoms with Gasteiger partial charge in [0.2, 0.25) is 0 Å². The van der Waals surface area contributed by atoms with Crippen LogP contribution in [0.25, 0.3) is 0 Å². The minimum atomic E-state index is -0.245. The Bertz CT molecular complexity index is 1060. The van der Waals surface area contributed by atoms with Gasteiger partial charge in [0.05, 0.1) is 33.3 Å². The summed E-state index contributed by atoms with van der Waals surface area (Å²) in [6.07, 6.45) is 0.671. The predicted octanol–water partition coefficient (Wildman–Crippen LogP) is 5.09. The lowest BCUT2D eigenvalue weighted by Crippen LogP contribution is -2.31. The van der Waals surface area contributed by atoms with Gasteiger partial charge in [-0.2, -0.15) is 10.4 Å². The lowest BCUT2D eigenvalue weighted by molar-refractivity contribution is -0.135. The van der Waals surface area contributed by atoms with E-state index in [-0.39, 0.29) is 18.6 Å². The summed E-state index contributed by atoms with van der Waals surface area (Å²) in [5.41, 5.74) is 1.34. The van der Waals surface area contributed by atoms with Gasteiger partial charge in [-0.15, -0.1) is 22.7 Å². The maximum absolute atomic E-state index is 12.9. The lowest BCUT2D eigenvalue weighted by Gasteiger charge is -2.20. The molecule has 1 aliphatic rings. The molecule has 0 radical (unpaired) electrons. The second-order valence-corrected chi connectivity index (χ2v) is 8.38. The van der Waals surface area contributed by atoms with Crippen LogP contribution in [-0.2, 0) is 4.79 Å². The van der Waals surface area contributed by atoms with Crippen LogP contribution in [-0.4, -0.2) is 23.2 Å². The van der Waals surface area contributed by atoms with Crippen molar-refractivity contribution < 1.29 is 9.53 Å². The maximum Gasteiger partial charge on any atom is 0.281 e. The van der Waals surface area contributed by atoms with Crippen LogP contribution in [0.2, 0.25) is 5.02 Å². The molecule has 1 aromatic carbocycles. The fourth-order valence-electron chi connectivity index (χ4n) is 2.93. The van der Waals surface area contributed by atoms with Crippen molar-refractivity contribution in [1.82, 2.24) is 5.01 Å². The van der Waals surface area contributed by atoms with Crippen molar-refractivity contribution >= 4 is 45.9 Å². The minimum absolute atomic E-state index is 0.135. The first-order valence-corrected chi connectivity index (χ1v) is 10.6. The van der Waals surface area contributed by atoms with Crippen molar-refractivity contribution in [2.75, 3.05) is 6.61 Å². The minimum Gasteiger partial charge on any atom is -0.482 e. The number of ether oxygens (including phenoxy) is 1. The summed E-state index contributed by atoms with van der Waals surface area (Å²) in [6.45, 7) is -0.186. The molecule has 0 fully saturated rings. The lowest BCUT2D eigenvalue weighted by atomic mass is 10.1. The number of halogens is 1. The summed E-state index contributed by atoms with van der Waals surface area (Å²) in [5.74, 6) is 0.119. The molecular weight excluding hydrogens is 414 g/mol. The second kappa shape index (κ2) is 8.15. The van der Waals surface area contributed by atoms with Gasteiger partial charge in [0.15, 0.2) is 6.61 Å². The third-order valence-electron chi connectivity index (χ3n) is 4.26. The Morgan fingerprint density at radius 2 is 2.11 bits per heavy atom. The molecule has 0 aliphatic carbocycles. The Kier molecular flexibility index (Phi) is 5.44. The Labute approximate surface area is 175 Å². The summed E-state index contributed by atoms with van der Waals surface area (Å²) >= 11 is 9.34. The standard InChI is InChI=1S/C20H14ClN3O2S2/c21-14-9-13(11-22)5-6-17(14)26-12-20(25)24-16(19-4-2-8-28-19)10-15(23-24)18-3-1-7-27-18/h1-9,16H,10,12H2. The molecule has 1 atom stereocenters. The summed E-state index contributed by atoms with van der Waals surface area (Å²) in [6, 6.07) is 14.6. The molecule has 1 amide bonds. The van der Waals surface area contributed by atoms with Gasteiger partial charge in [-0.3, -0.25) is 4.79 Å². The average molecular weight is 428 g/mol. The Hall–Kier alpha value is -2.66. The van der Waals surface area contributed by atoms with Gasteiger partial charge in [-0.05, 0) is 41.1 Å². The molecule has 0 spiro atoms. The third-order valence-corrected chi connectivity index (χ3v) is 6.44. The molecule has 3 aromatic rings. The van der Waals surface area contributed by atoms with Crippen LogP contribution in [0, 0.1) is 11.3 Å². The molecule has 140 valence electrons. The van der Waals surface area contributed by atoms with Crippen LogP contribution < -0.4 is 4.74 Å². The molecule has 5 nitrogen and oxygen atoms in total. The van der Waals surface area contributed by atoms with Crippen molar-refractivity contribution in [1.29, 1.82) is 5.26 Å². The fraction of sp³-hybridized carbons (Fsp3) is 0.150. The van der Waals surface area contributed by atoms with E-state index < -0.39 is 0 Å².